The maximum atomic E-state index is 13.3. The van der Waals surface area contributed by atoms with Crippen LogP contribution in [0.1, 0.15) is 89.6 Å². The Hall–Kier alpha value is -6.13. The molecule has 2 aromatic carbocycles. The summed E-state index contributed by atoms with van der Waals surface area (Å²) in [5, 5.41) is 0. The van der Waals surface area contributed by atoms with Gasteiger partial charge in [0.15, 0.2) is 19.3 Å². The zero-order valence-electron chi connectivity index (χ0n) is 31.5. The fourth-order valence-electron chi connectivity index (χ4n) is 6.88. The molecule has 57 heavy (non-hydrogen) atoms. The zero-order chi connectivity index (χ0) is 39.6. The molecular formula is C43H36N6O6S2. The fraction of sp³-hybridized carbons (Fsp3) is 0.233. The predicted octanol–water partition coefficient (Wildman–Crippen LogP) is 7.70. The Balaban J connectivity index is 0.852. The molecule has 0 saturated heterocycles. The number of aliphatic imine (C=N–C) groups is 2. The van der Waals surface area contributed by atoms with Gasteiger partial charge in [0.25, 0.3) is 5.88 Å². The van der Waals surface area contributed by atoms with Crippen molar-refractivity contribution in [3.8, 4) is 41.9 Å². The van der Waals surface area contributed by atoms with Gasteiger partial charge in [-0.05, 0) is 51.0 Å². The third kappa shape index (κ3) is 7.21. The summed E-state index contributed by atoms with van der Waals surface area (Å²) in [5.74, 6) is 5.13. The van der Waals surface area contributed by atoms with Crippen LogP contribution >= 0.6 is 22.7 Å². The van der Waals surface area contributed by atoms with Crippen LogP contribution in [0.25, 0.3) is 11.4 Å². The number of benzene rings is 2. The first kappa shape index (κ1) is 37.8. The predicted molar refractivity (Wildman–Crippen MR) is 218 cm³/mol. The normalized spacial score (nSPS) is 15.4. The third-order valence-corrected chi connectivity index (χ3v) is 11.7. The third-order valence-electron chi connectivity index (χ3n) is 9.55. The molecule has 8 rings (SSSR count). The van der Waals surface area contributed by atoms with Gasteiger partial charge in [-0.3, -0.25) is 19.1 Å². The quantitative estimate of drug-likeness (QED) is 0.0309. The van der Waals surface area contributed by atoms with E-state index in [0.29, 0.717) is 5.69 Å². The summed E-state index contributed by atoms with van der Waals surface area (Å²) in [4.78, 5) is 46.9. The molecule has 6 aromatic rings. The SMILES string of the molecule is C#Cc1cc2c(s1)C(c1ccccc1C)=NC(C)c1c(OOCCOCOCOC(=O)c3ncn4c3C(C)N=C(c3ccccc3C)c3sc(C#C)cc3-4)ncn1-2. The molecule has 0 aliphatic carbocycles. The van der Waals surface area contributed by atoms with E-state index in [1.54, 1.807) is 12.7 Å². The Morgan fingerprint density at radius 2 is 1.32 bits per heavy atom. The van der Waals surface area contributed by atoms with E-state index < -0.39 is 12.0 Å². The monoisotopic (exact) mass is 796 g/mol. The minimum atomic E-state index is -0.648. The Labute approximate surface area is 337 Å². The van der Waals surface area contributed by atoms with Crippen molar-refractivity contribution >= 4 is 40.1 Å². The van der Waals surface area contributed by atoms with Crippen molar-refractivity contribution < 1.29 is 28.8 Å². The largest absolute Gasteiger partial charge is 0.434 e. The Kier molecular flexibility index (Phi) is 10.7. The van der Waals surface area contributed by atoms with Crippen LogP contribution in [0.2, 0.25) is 0 Å². The molecule has 14 heteroatoms. The van der Waals surface area contributed by atoms with Crippen molar-refractivity contribution in [2.45, 2.75) is 39.8 Å². The second-order valence-corrected chi connectivity index (χ2v) is 15.3. The minimum absolute atomic E-state index is 0.0716. The van der Waals surface area contributed by atoms with Gasteiger partial charge in [-0.15, -0.1) is 35.5 Å². The highest BCUT2D eigenvalue weighted by Gasteiger charge is 2.32. The van der Waals surface area contributed by atoms with E-state index >= 15 is 0 Å². The maximum Gasteiger partial charge on any atom is 0.361 e. The van der Waals surface area contributed by atoms with Gasteiger partial charge in [-0.2, -0.15) is 9.87 Å². The molecule has 6 heterocycles. The van der Waals surface area contributed by atoms with Gasteiger partial charge in [0.1, 0.15) is 25.0 Å². The van der Waals surface area contributed by atoms with E-state index in [9.17, 15) is 4.79 Å². The molecule has 2 aliphatic rings. The Morgan fingerprint density at radius 1 is 0.754 bits per heavy atom. The van der Waals surface area contributed by atoms with Crippen LogP contribution in [0.4, 0.5) is 0 Å². The second kappa shape index (κ2) is 16.2. The first-order valence-corrected chi connectivity index (χ1v) is 19.7. The highest BCUT2D eigenvalue weighted by molar-refractivity contribution is 7.15. The van der Waals surface area contributed by atoms with Gasteiger partial charge in [0.2, 0.25) is 0 Å². The number of terminal acetylenes is 2. The summed E-state index contributed by atoms with van der Waals surface area (Å²) < 4.78 is 20.2. The molecule has 286 valence electrons. The maximum absolute atomic E-state index is 13.3. The summed E-state index contributed by atoms with van der Waals surface area (Å²) in [6.07, 6.45) is 14.9. The number of hydrogen-bond acceptors (Lipinski definition) is 12. The molecule has 0 spiro atoms. The summed E-state index contributed by atoms with van der Waals surface area (Å²) >= 11 is 2.99. The molecular weight excluding hydrogens is 761 g/mol. The van der Waals surface area contributed by atoms with Gasteiger partial charge in [-0.1, -0.05) is 60.4 Å². The number of thiophene rings is 2. The molecule has 0 saturated carbocycles. The number of aromatic nitrogens is 4. The highest BCUT2D eigenvalue weighted by atomic mass is 32.1. The summed E-state index contributed by atoms with van der Waals surface area (Å²) in [6, 6.07) is 19.3. The molecule has 0 N–H and O–H groups in total. The lowest BCUT2D eigenvalue weighted by molar-refractivity contribution is -0.225. The topological polar surface area (TPSA) is 124 Å². The van der Waals surface area contributed by atoms with E-state index in [-0.39, 0.29) is 44.4 Å². The molecule has 0 fully saturated rings. The number of aryl methyl sites for hydroxylation is 2. The number of rotatable bonds is 12. The average Bonchev–Trinajstić information content (AvgIpc) is 4.01. The van der Waals surface area contributed by atoms with Crippen molar-refractivity contribution in [1.29, 1.82) is 0 Å². The smallest absolute Gasteiger partial charge is 0.361 e. The van der Waals surface area contributed by atoms with Gasteiger partial charge in [-0.25, -0.2) is 9.78 Å². The number of fused-ring (bicyclic) bond motifs is 6. The van der Waals surface area contributed by atoms with Crippen LogP contribution in [0.5, 0.6) is 5.88 Å². The van der Waals surface area contributed by atoms with Crippen LogP contribution < -0.4 is 4.89 Å². The number of carbonyl (C=O) groups excluding carboxylic acids is 1. The molecule has 0 bridgehead atoms. The molecule has 2 atom stereocenters. The Morgan fingerprint density at radius 3 is 1.91 bits per heavy atom. The van der Waals surface area contributed by atoms with Gasteiger partial charge < -0.3 is 19.1 Å². The molecule has 2 aliphatic heterocycles. The van der Waals surface area contributed by atoms with Crippen molar-refractivity contribution in [3.05, 3.63) is 132 Å². The van der Waals surface area contributed by atoms with Crippen LogP contribution in [-0.4, -0.2) is 63.3 Å². The number of nitrogens with zero attached hydrogens (tertiary/aromatic N) is 6. The number of imidazole rings is 2. The lowest BCUT2D eigenvalue weighted by atomic mass is 10.0. The molecule has 2 unspecified atom stereocenters. The Bertz CT molecular complexity index is 2650. The summed E-state index contributed by atoms with van der Waals surface area (Å²) in [5.41, 5.74) is 9.05. The highest BCUT2D eigenvalue weighted by Crippen LogP contribution is 2.40. The minimum Gasteiger partial charge on any atom is -0.434 e. The van der Waals surface area contributed by atoms with E-state index in [1.807, 2.05) is 78.4 Å². The summed E-state index contributed by atoms with van der Waals surface area (Å²) in [6.45, 7) is 7.71. The summed E-state index contributed by atoms with van der Waals surface area (Å²) in [7, 11) is 0. The van der Waals surface area contributed by atoms with Crippen molar-refractivity contribution in [1.82, 2.24) is 19.1 Å². The van der Waals surface area contributed by atoms with Crippen LogP contribution in [-0.2, 0) is 19.1 Å². The van der Waals surface area contributed by atoms with Crippen molar-refractivity contribution in [2.24, 2.45) is 9.98 Å². The van der Waals surface area contributed by atoms with Crippen LogP contribution in [0.3, 0.4) is 0 Å². The molecule has 0 radical (unpaired) electrons. The number of esters is 1. The molecule has 12 nitrogen and oxygen atoms in total. The van der Waals surface area contributed by atoms with E-state index in [4.69, 9.17) is 46.8 Å². The standard InChI is InChI=1S/C43H36N6O6S2/c1-7-29-19-33-40(56-29)35(31-15-11-9-13-25(31)3)46-27(5)38-37(44-21-48(33)38)43(50)53-24-52-23-51-17-18-54-55-42-39-28(6)47-36(32-16-12-10-14-26(32)4)41-34(49(39)22-45-42)20-30(8-2)57-41/h1-2,9-16,19-22,27-28H,17-18,23-24H2,3-6H3. The number of ether oxygens (including phenoxy) is 3. The van der Waals surface area contributed by atoms with Crippen LogP contribution in [0.15, 0.2) is 83.3 Å². The number of carbonyl (C=O) groups is 1. The average molecular weight is 797 g/mol. The van der Waals surface area contributed by atoms with Gasteiger partial charge >= 0.3 is 5.97 Å². The van der Waals surface area contributed by atoms with Gasteiger partial charge in [0.05, 0.1) is 66.7 Å². The first-order valence-electron chi connectivity index (χ1n) is 18.0. The molecule has 4 aromatic heterocycles. The van der Waals surface area contributed by atoms with Gasteiger partial charge in [0, 0.05) is 11.1 Å². The molecule has 0 amide bonds. The lowest BCUT2D eigenvalue weighted by Crippen LogP contribution is -2.15. The lowest BCUT2D eigenvalue weighted by Gasteiger charge is -2.12. The van der Waals surface area contributed by atoms with E-state index in [2.05, 4.69) is 40.9 Å². The van der Waals surface area contributed by atoms with E-state index in [1.165, 1.54) is 22.7 Å². The first-order chi connectivity index (χ1) is 27.8. The fourth-order valence-corrected chi connectivity index (χ4v) is 8.82. The van der Waals surface area contributed by atoms with Crippen molar-refractivity contribution in [3.63, 3.8) is 0 Å². The van der Waals surface area contributed by atoms with Crippen LogP contribution in [0, 0.1) is 38.5 Å². The van der Waals surface area contributed by atoms with Crippen molar-refractivity contribution in [2.75, 3.05) is 26.8 Å². The van der Waals surface area contributed by atoms with E-state index in [0.717, 1.165) is 70.3 Å². The number of hydrogen-bond donors (Lipinski definition) is 0. The second-order valence-electron chi connectivity index (χ2n) is 13.2. The zero-order valence-corrected chi connectivity index (χ0v) is 33.1.